The van der Waals surface area contributed by atoms with Crippen LogP contribution >= 0.6 is 11.3 Å². The molecule has 2 fully saturated rings. The first kappa shape index (κ1) is 24.4. The monoisotopic (exact) mass is 511 g/mol. The first-order chi connectivity index (χ1) is 17.3. The maximum atomic E-state index is 14.2. The Labute approximate surface area is 212 Å². The number of benzene rings is 1. The number of nitrogens with one attached hydrogen (secondary N) is 1. The van der Waals surface area contributed by atoms with Gasteiger partial charge in [0.1, 0.15) is 16.7 Å². The van der Waals surface area contributed by atoms with E-state index in [1.54, 1.807) is 36.9 Å². The van der Waals surface area contributed by atoms with Crippen LogP contribution < -0.4 is 15.8 Å². The fourth-order valence-electron chi connectivity index (χ4n) is 5.14. The minimum atomic E-state index is -0.695. The van der Waals surface area contributed by atoms with Crippen molar-refractivity contribution in [1.29, 1.82) is 0 Å². The molecule has 10 heteroatoms. The summed E-state index contributed by atoms with van der Waals surface area (Å²) in [6.07, 6.45) is 5.55. The van der Waals surface area contributed by atoms with Gasteiger partial charge in [0.2, 0.25) is 5.91 Å². The molecule has 190 valence electrons. The second kappa shape index (κ2) is 10.0. The molecule has 8 nitrogen and oxygen atoms in total. The van der Waals surface area contributed by atoms with Gasteiger partial charge in [0.15, 0.2) is 0 Å². The zero-order valence-electron chi connectivity index (χ0n) is 20.5. The number of nitrogens with zero attached hydrogens (tertiary/aromatic N) is 4. The lowest BCUT2D eigenvalue weighted by Gasteiger charge is -2.36. The second-order valence-electron chi connectivity index (χ2n) is 9.59. The van der Waals surface area contributed by atoms with E-state index in [0.717, 1.165) is 25.7 Å². The highest BCUT2D eigenvalue weighted by Gasteiger charge is 2.29. The summed E-state index contributed by atoms with van der Waals surface area (Å²) >= 11 is 1.20. The zero-order chi connectivity index (χ0) is 25.4. The van der Waals surface area contributed by atoms with Gasteiger partial charge >= 0.3 is 0 Å². The number of anilines is 1. The summed E-state index contributed by atoms with van der Waals surface area (Å²) in [4.78, 5) is 48.6. The van der Waals surface area contributed by atoms with Crippen molar-refractivity contribution in [1.82, 2.24) is 19.8 Å². The quantitative estimate of drug-likeness (QED) is 0.567. The average molecular weight is 512 g/mol. The Balaban J connectivity index is 1.33. The number of halogens is 1. The lowest BCUT2D eigenvalue weighted by molar-refractivity contribution is -0.124. The van der Waals surface area contributed by atoms with E-state index >= 15 is 0 Å². The number of amides is 2. The molecule has 0 bridgehead atoms. The molecule has 5 rings (SSSR count). The maximum Gasteiger partial charge on any atom is 0.264 e. The van der Waals surface area contributed by atoms with Gasteiger partial charge in [0, 0.05) is 32.2 Å². The van der Waals surface area contributed by atoms with Gasteiger partial charge in [-0.3, -0.25) is 19.0 Å². The van der Waals surface area contributed by atoms with Crippen LogP contribution in [-0.2, 0) is 4.79 Å². The number of fused-ring (bicyclic) bond motifs is 1. The SMILES string of the molecule is Cc1c(C(=O)N2CCN(c3ccccc3F)CC2)sc2ncn(C(C)C(=O)NC3CCCC3)c(=O)c12. The highest BCUT2D eigenvalue weighted by atomic mass is 32.1. The van der Waals surface area contributed by atoms with Crippen LogP contribution in [0, 0.1) is 12.7 Å². The van der Waals surface area contributed by atoms with E-state index in [-0.39, 0.29) is 29.2 Å². The molecule has 1 aliphatic carbocycles. The number of aromatic nitrogens is 2. The predicted molar refractivity (Wildman–Crippen MR) is 138 cm³/mol. The van der Waals surface area contributed by atoms with Crippen LogP contribution in [0.2, 0.25) is 0 Å². The van der Waals surface area contributed by atoms with Crippen LogP contribution in [0.4, 0.5) is 10.1 Å². The number of hydrogen-bond donors (Lipinski definition) is 1. The largest absolute Gasteiger partial charge is 0.366 e. The third-order valence-corrected chi connectivity index (χ3v) is 8.52. The summed E-state index contributed by atoms with van der Waals surface area (Å²) in [5, 5.41) is 3.43. The van der Waals surface area contributed by atoms with Crippen LogP contribution in [0.15, 0.2) is 35.4 Å². The number of carbonyl (C=O) groups excluding carboxylic acids is 2. The predicted octanol–water partition coefficient (Wildman–Crippen LogP) is 3.49. The lowest BCUT2D eigenvalue weighted by Crippen LogP contribution is -2.49. The summed E-state index contributed by atoms with van der Waals surface area (Å²) < 4.78 is 15.5. The Morgan fingerprint density at radius 1 is 1.14 bits per heavy atom. The van der Waals surface area contributed by atoms with Gasteiger partial charge in [-0.1, -0.05) is 25.0 Å². The lowest BCUT2D eigenvalue weighted by atomic mass is 10.1. The topological polar surface area (TPSA) is 87.5 Å². The Morgan fingerprint density at radius 2 is 1.83 bits per heavy atom. The summed E-state index contributed by atoms with van der Waals surface area (Å²) in [6.45, 7) is 5.42. The fourth-order valence-corrected chi connectivity index (χ4v) is 6.24. The van der Waals surface area contributed by atoms with E-state index in [9.17, 15) is 18.8 Å². The number of rotatable bonds is 5. The zero-order valence-corrected chi connectivity index (χ0v) is 21.3. The van der Waals surface area contributed by atoms with Gasteiger partial charge in [-0.25, -0.2) is 9.37 Å². The van der Waals surface area contributed by atoms with Crippen LogP contribution in [0.5, 0.6) is 0 Å². The molecule has 2 aromatic heterocycles. The molecule has 1 saturated carbocycles. The van der Waals surface area contributed by atoms with Crippen LogP contribution in [0.1, 0.15) is 53.9 Å². The van der Waals surface area contributed by atoms with Crippen molar-refractivity contribution < 1.29 is 14.0 Å². The molecule has 2 amide bonds. The molecule has 3 aromatic rings. The number of hydrogen-bond acceptors (Lipinski definition) is 6. The van der Waals surface area contributed by atoms with E-state index in [4.69, 9.17) is 0 Å². The molecule has 3 heterocycles. The number of aryl methyl sites for hydroxylation is 1. The van der Waals surface area contributed by atoms with E-state index in [1.165, 1.54) is 28.3 Å². The molecule has 1 aliphatic heterocycles. The summed E-state index contributed by atoms with van der Waals surface area (Å²) in [5.74, 6) is -0.616. The Kier molecular flexibility index (Phi) is 6.79. The fraction of sp³-hybridized carbons (Fsp3) is 0.462. The van der Waals surface area contributed by atoms with Crippen LogP contribution in [0.25, 0.3) is 10.2 Å². The van der Waals surface area contributed by atoms with Crippen LogP contribution in [-0.4, -0.2) is 58.5 Å². The highest BCUT2D eigenvalue weighted by molar-refractivity contribution is 7.20. The van der Waals surface area contributed by atoms with E-state index < -0.39 is 6.04 Å². The Bertz CT molecular complexity index is 1360. The summed E-state index contributed by atoms with van der Waals surface area (Å²) in [7, 11) is 0. The average Bonchev–Trinajstić information content (AvgIpc) is 3.52. The van der Waals surface area contributed by atoms with Crippen molar-refractivity contribution >= 4 is 39.1 Å². The third-order valence-electron chi connectivity index (χ3n) is 7.33. The summed E-state index contributed by atoms with van der Waals surface area (Å²) in [5.41, 5.74) is 0.816. The molecule has 1 saturated heterocycles. The van der Waals surface area contributed by atoms with Gasteiger partial charge in [-0.05, 0) is 44.4 Å². The highest BCUT2D eigenvalue weighted by Crippen LogP contribution is 2.29. The van der Waals surface area contributed by atoms with Crippen molar-refractivity contribution in [3.05, 3.63) is 57.2 Å². The van der Waals surface area contributed by atoms with Crippen molar-refractivity contribution in [2.45, 2.75) is 51.6 Å². The molecule has 1 aromatic carbocycles. The van der Waals surface area contributed by atoms with Crippen molar-refractivity contribution in [2.75, 3.05) is 31.1 Å². The van der Waals surface area contributed by atoms with Crippen molar-refractivity contribution in [3.63, 3.8) is 0 Å². The minimum Gasteiger partial charge on any atom is -0.366 e. The molecule has 1 N–H and O–H groups in total. The third kappa shape index (κ3) is 4.50. The first-order valence-corrected chi connectivity index (χ1v) is 13.3. The van der Waals surface area contributed by atoms with E-state index in [1.807, 2.05) is 4.90 Å². The van der Waals surface area contributed by atoms with Crippen LogP contribution in [0.3, 0.4) is 0 Å². The molecule has 1 unspecified atom stereocenters. The molecule has 0 spiro atoms. The maximum absolute atomic E-state index is 14.2. The second-order valence-corrected chi connectivity index (χ2v) is 10.6. The molecule has 36 heavy (non-hydrogen) atoms. The van der Waals surface area contributed by atoms with E-state index in [0.29, 0.717) is 52.5 Å². The van der Waals surface area contributed by atoms with Gasteiger partial charge in [-0.2, -0.15) is 0 Å². The molecular formula is C26H30FN5O3S. The molecule has 2 aliphatic rings. The van der Waals surface area contributed by atoms with E-state index in [2.05, 4.69) is 10.3 Å². The smallest absolute Gasteiger partial charge is 0.264 e. The minimum absolute atomic E-state index is 0.151. The Morgan fingerprint density at radius 3 is 2.53 bits per heavy atom. The van der Waals surface area contributed by atoms with Gasteiger partial charge < -0.3 is 15.1 Å². The van der Waals surface area contributed by atoms with Crippen molar-refractivity contribution in [3.8, 4) is 0 Å². The summed E-state index contributed by atoms with van der Waals surface area (Å²) in [6, 6.07) is 6.11. The Hall–Kier alpha value is -3.27. The van der Waals surface area contributed by atoms with Gasteiger partial charge in [-0.15, -0.1) is 11.3 Å². The first-order valence-electron chi connectivity index (χ1n) is 12.4. The van der Waals surface area contributed by atoms with Crippen molar-refractivity contribution in [2.24, 2.45) is 0 Å². The van der Waals surface area contributed by atoms with Gasteiger partial charge in [0.25, 0.3) is 11.5 Å². The number of para-hydroxylation sites is 1. The number of thiophene rings is 1. The number of carbonyl (C=O) groups is 2. The number of piperazine rings is 1. The molecule has 1 atom stereocenters. The molecule has 0 radical (unpaired) electrons. The molecular weight excluding hydrogens is 481 g/mol. The normalized spacial score (nSPS) is 17.5. The van der Waals surface area contributed by atoms with Gasteiger partial charge in [0.05, 0.1) is 22.3 Å². The standard InChI is InChI=1S/C26H30FN5O3S/c1-16-21-24(28-15-32(25(21)34)17(2)23(33)29-18-7-3-4-8-18)36-22(16)26(35)31-13-11-30(12-14-31)20-10-6-5-9-19(20)27/h5-6,9-10,15,17-18H,3-4,7-8,11-14H2,1-2H3,(H,29,33).